The van der Waals surface area contributed by atoms with Crippen molar-refractivity contribution in [1.29, 1.82) is 10.5 Å². The molecule has 0 saturated carbocycles. The molecule has 0 N–H and O–H groups in total. The second kappa shape index (κ2) is 9.02. The Bertz CT molecular complexity index is 2710. The van der Waals surface area contributed by atoms with E-state index in [0.29, 0.717) is 11.1 Å². The van der Waals surface area contributed by atoms with Gasteiger partial charge in [0.2, 0.25) is 0 Å². The van der Waals surface area contributed by atoms with Gasteiger partial charge in [0.1, 0.15) is 6.07 Å². The summed E-state index contributed by atoms with van der Waals surface area (Å²) in [6.45, 7) is 0. The Labute approximate surface area is 254 Å². The van der Waals surface area contributed by atoms with Gasteiger partial charge in [0.05, 0.1) is 43.3 Å². The lowest BCUT2D eigenvalue weighted by molar-refractivity contribution is 1.20. The minimum Gasteiger partial charge on any atom is -0.308 e. The highest BCUT2D eigenvalue weighted by molar-refractivity contribution is 7.26. The highest BCUT2D eigenvalue weighted by atomic mass is 32.1. The molecule has 9 rings (SSSR count). The summed E-state index contributed by atoms with van der Waals surface area (Å²) in [7, 11) is 0. The molecule has 9 aromatic rings. The van der Waals surface area contributed by atoms with E-state index in [9.17, 15) is 10.5 Å². The van der Waals surface area contributed by atoms with Gasteiger partial charge >= 0.3 is 0 Å². The number of para-hydroxylation sites is 1. The van der Waals surface area contributed by atoms with E-state index in [1.54, 1.807) is 11.3 Å². The first-order chi connectivity index (χ1) is 21.2. The van der Waals surface area contributed by atoms with Gasteiger partial charge in [0.15, 0.2) is 0 Å². The van der Waals surface area contributed by atoms with Crippen molar-refractivity contribution in [1.82, 2.24) is 4.57 Å². The Morgan fingerprint density at radius 2 is 1.26 bits per heavy atom. The third kappa shape index (κ3) is 3.44. The first-order valence-corrected chi connectivity index (χ1v) is 15.6. The maximum Gasteiger partial charge on any atom is 0.101 e. The molecule has 0 fully saturated rings. The number of nitriles is 2. The number of thiophene rings is 2. The molecule has 0 unspecified atom stereocenters. The molecule has 0 radical (unpaired) electrons. The van der Waals surface area contributed by atoms with Crippen LogP contribution in [0.25, 0.3) is 79.0 Å². The molecule has 43 heavy (non-hydrogen) atoms. The third-order valence-electron chi connectivity index (χ3n) is 8.45. The fourth-order valence-corrected chi connectivity index (χ4v) is 8.85. The predicted molar refractivity (Wildman–Crippen MR) is 181 cm³/mol. The van der Waals surface area contributed by atoms with Gasteiger partial charge in [-0.2, -0.15) is 10.5 Å². The normalized spacial score (nSPS) is 11.7. The molecule has 0 atom stereocenters. The van der Waals surface area contributed by atoms with Crippen molar-refractivity contribution in [2.24, 2.45) is 0 Å². The molecule has 0 aliphatic carbocycles. The van der Waals surface area contributed by atoms with Crippen LogP contribution in [0.15, 0.2) is 115 Å². The van der Waals surface area contributed by atoms with Crippen molar-refractivity contribution in [3.05, 3.63) is 126 Å². The number of aromatic nitrogens is 1. The van der Waals surface area contributed by atoms with Crippen molar-refractivity contribution < 1.29 is 0 Å². The quantitative estimate of drug-likeness (QED) is 0.204. The average molecular weight is 582 g/mol. The third-order valence-corrected chi connectivity index (χ3v) is 10.9. The zero-order chi connectivity index (χ0) is 28.7. The van der Waals surface area contributed by atoms with E-state index < -0.39 is 0 Å². The molecule has 0 bridgehead atoms. The molecule has 3 aromatic heterocycles. The largest absolute Gasteiger partial charge is 0.308 e. The summed E-state index contributed by atoms with van der Waals surface area (Å²) in [6.07, 6.45) is 0. The van der Waals surface area contributed by atoms with Crippen LogP contribution in [-0.2, 0) is 0 Å². The Kier molecular flexibility index (Phi) is 5.07. The molecule has 0 saturated heterocycles. The zero-order valence-electron chi connectivity index (χ0n) is 22.6. The molecule has 3 heterocycles. The Hall–Kier alpha value is -5.46. The maximum absolute atomic E-state index is 10.3. The van der Waals surface area contributed by atoms with Gasteiger partial charge in [0, 0.05) is 41.7 Å². The van der Waals surface area contributed by atoms with Crippen LogP contribution in [0.2, 0.25) is 0 Å². The van der Waals surface area contributed by atoms with Gasteiger partial charge in [-0.3, -0.25) is 0 Å². The molecule has 0 amide bonds. The summed E-state index contributed by atoms with van der Waals surface area (Å²) in [5, 5.41) is 27.0. The number of hydrogen-bond acceptors (Lipinski definition) is 4. The van der Waals surface area contributed by atoms with E-state index >= 15 is 0 Å². The van der Waals surface area contributed by atoms with Crippen LogP contribution in [0.3, 0.4) is 0 Å². The van der Waals surface area contributed by atoms with E-state index in [-0.39, 0.29) is 0 Å². The Morgan fingerprint density at radius 3 is 2.14 bits per heavy atom. The molecule has 6 aromatic carbocycles. The van der Waals surface area contributed by atoms with E-state index in [2.05, 4.69) is 108 Å². The lowest BCUT2D eigenvalue weighted by atomic mass is 9.98. The van der Waals surface area contributed by atoms with Crippen molar-refractivity contribution in [2.75, 3.05) is 0 Å². The van der Waals surface area contributed by atoms with Gasteiger partial charge in [-0.15, -0.1) is 22.7 Å². The smallest absolute Gasteiger partial charge is 0.101 e. The monoisotopic (exact) mass is 581 g/mol. The van der Waals surface area contributed by atoms with Crippen molar-refractivity contribution in [2.45, 2.75) is 0 Å². The summed E-state index contributed by atoms with van der Waals surface area (Å²) in [5.74, 6) is 0. The van der Waals surface area contributed by atoms with Crippen LogP contribution < -0.4 is 0 Å². The first-order valence-electron chi connectivity index (χ1n) is 14.0. The highest BCUT2D eigenvalue weighted by Crippen LogP contribution is 2.44. The fourth-order valence-electron chi connectivity index (χ4n) is 6.52. The Balaban J connectivity index is 1.32. The van der Waals surface area contributed by atoms with E-state index in [4.69, 9.17) is 0 Å². The molecule has 0 aliphatic rings. The molecule has 3 nitrogen and oxygen atoms in total. The number of nitrogens with zero attached hydrogens (tertiary/aromatic N) is 3. The topological polar surface area (TPSA) is 52.5 Å². The van der Waals surface area contributed by atoms with Crippen molar-refractivity contribution in [3.63, 3.8) is 0 Å². The van der Waals surface area contributed by atoms with Gasteiger partial charge in [-0.05, 0) is 65.7 Å². The minimum atomic E-state index is 0.631. The molecular weight excluding hydrogens is 563 g/mol. The first kappa shape index (κ1) is 24.2. The van der Waals surface area contributed by atoms with Crippen LogP contribution in [0.1, 0.15) is 11.1 Å². The van der Waals surface area contributed by atoms with E-state index in [1.807, 2.05) is 35.6 Å². The fraction of sp³-hybridized carbons (Fsp3) is 0. The molecule has 0 spiro atoms. The molecule has 5 heteroatoms. The van der Waals surface area contributed by atoms with Crippen LogP contribution in [0.4, 0.5) is 0 Å². The molecular formula is C38H19N3S2. The summed E-state index contributed by atoms with van der Waals surface area (Å²) in [4.78, 5) is 0. The zero-order valence-corrected chi connectivity index (χ0v) is 24.3. The maximum atomic E-state index is 10.3. The lowest BCUT2D eigenvalue weighted by Crippen LogP contribution is -1.94. The Morgan fingerprint density at radius 1 is 0.488 bits per heavy atom. The standard InChI is InChI=1S/C38H19N3S2/c39-20-22-12-14-27-26-6-1-3-9-32(26)41(34(27)16-22)33-10-5-8-29-31-19-24(17-25(21-40)37(31)43-38(29)33)23-13-15-36-30(18-23)28-7-2-4-11-35(28)42-36/h1-19H. The van der Waals surface area contributed by atoms with Gasteiger partial charge in [0.25, 0.3) is 0 Å². The minimum absolute atomic E-state index is 0.631. The van der Waals surface area contributed by atoms with E-state index in [0.717, 1.165) is 58.8 Å². The summed E-state index contributed by atoms with van der Waals surface area (Å²) in [5.41, 5.74) is 6.61. The van der Waals surface area contributed by atoms with Gasteiger partial charge < -0.3 is 4.57 Å². The van der Waals surface area contributed by atoms with Crippen molar-refractivity contribution >= 4 is 84.8 Å². The number of benzene rings is 6. The second-order valence-electron chi connectivity index (χ2n) is 10.8. The summed E-state index contributed by atoms with van der Waals surface area (Å²) in [6, 6.07) is 45.0. The van der Waals surface area contributed by atoms with Crippen LogP contribution in [0, 0.1) is 22.7 Å². The van der Waals surface area contributed by atoms with Crippen LogP contribution in [-0.4, -0.2) is 4.57 Å². The average Bonchev–Trinajstić information content (AvgIpc) is 3.73. The van der Waals surface area contributed by atoms with Crippen LogP contribution >= 0.6 is 22.7 Å². The lowest BCUT2D eigenvalue weighted by Gasteiger charge is -2.09. The summed E-state index contributed by atoms with van der Waals surface area (Å²) < 4.78 is 6.94. The second-order valence-corrected chi connectivity index (χ2v) is 12.9. The van der Waals surface area contributed by atoms with E-state index in [1.165, 1.54) is 20.2 Å². The van der Waals surface area contributed by atoms with Crippen LogP contribution in [0.5, 0.6) is 0 Å². The number of fused-ring (bicyclic) bond motifs is 9. The highest BCUT2D eigenvalue weighted by Gasteiger charge is 2.19. The molecule has 198 valence electrons. The van der Waals surface area contributed by atoms with Crippen molar-refractivity contribution in [3.8, 4) is 29.0 Å². The number of hydrogen-bond donors (Lipinski definition) is 0. The number of rotatable bonds is 2. The predicted octanol–water partition coefficient (Wildman–Crippen LogP) is 10.9. The van der Waals surface area contributed by atoms with Gasteiger partial charge in [-0.25, -0.2) is 0 Å². The van der Waals surface area contributed by atoms with Gasteiger partial charge in [-0.1, -0.05) is 60.7 Å². The molecule has 0 aliphatic heterocycles. The summed E-state index contributed by atoms with van der Waals surface area (Å²) >= 11 is 3.48. The SMILES string of the molecule is N#Cc1ccc2c3ccccc3n(-c3cccc4c3sc3c(C#N)cc(-c5ccc6sc7ccccc7c6c5)cc34)c2c1.